The Morgan fingerprint density at radius 1 is 1.19 bits per heavy atom. The molecule has 160 valence electrons. The molecule has 0 aliphatic rings. The van der Waals surface area contributed by atoms with Gasteiger partial charge in [0, 0.05) is 17.2 Å². The molecule has 0 atom stereocenters. The maximum Gasteiger partial charge on any atom is 0.260 e. The molecular weight excluding hydrogens is 440 g/mol. The van der Waals surface area contributed by atoms with Gasteiger partial charge in [-0.15, -0.1) is 11.3 Å². The largest absolute Gasteiger partial charge is 0.301 e. The highest BCUT2D eigenvalue weighted by atomic mass is 32.2. The zero-order valence-electron chi connectivity index (χ0n) is 17.2. The second-order valence-corrected chi connectivity index (χ2v) is 8.76. The molecule has 0 aliphatic heterocycles. The van der Waals surface area contributed by atoms with Gasteiger partial charge in [0.25, 0.3) is 11.5 Å². The van der Waals surface area contributed by atoms with E-state index in [9.17, 15) is 9.59 Å². The lowest BCUT2D eigenvalue weighted by Gasteiger charge is -2.02. The summed E-state index contributed by atoms with van der Waals surface area (Å²) in [4.78, 5) is 32.7. The smallest absolute Gasteiger partial charge is 0.260 e. The van der Waals surface area contributed by atoms with Crippen molar-refractivity contribution in [2.45, 2.75) is 12.1 Å². The standard InChI is InChI=1S/C24H20N4O2S2/c1-16-9-11-18(12-10-16)19-14-31-23-21(19)22(30)26-24(27-23)32-15-20(29)28-25-13-5-8-17-6-3-2-4-7-17/h2-14H,15H2,1H3,(H,28,29)(H,26,27,30)/b8-5+,25-13+. The SMILES string of the molecule is Cc1ccc(-c2csc3nc(SCC(=O)N/N=C/C=C/c4ccccc4)[nH]c(=O)c23)cc1. The first kappa shape index (κ1) is 21.7. The van der Waals surface area contributed by atoms with E-state index in [2.05, 4.69) is 20.5 Å². The molecule has 0 spiro atoms. The number of aromatic nitrogens is 2. The molecule has 0 radical (unpaired) electrons. The molecule has 2 heterocycles. The second kappa shape index (κ2) is 10.2. The number of nitrogens with zero attached hydrogens (tertiary/aromatic N) is 2. The number of aryl methyl sites for hydroxylation is 1. The highest BCUT2D eigenvalue weighted by molar-refractivity contribution is 7.99. The lowest BCUT2D eigenvalue weighted by Crippen LogP contribution is -2.20. The van der Waals surface area contributed by atoms with E-state index in [-0.39, 0.29) is 17.2 Å². The molecule has 0 saturated heterocycles. The van der Waals surface area contributed by atoms with Crippen LogP contribution in [0.5, 0.6) is 0 Å². The van der Waals surface area contributed by atoms with Gasteiger partial charge in [0.2, 0.25) is 0 Å². The number of nitrogens with one attached hydrogen (secondary N) is 2. The van der Waals surface area contributed by atoms with E-state index in [0.717, 1.165) is 34.0 Å². The average molecular weight is 461 g/mol. The number of carbonyl (C=O) groups excluding carboxylic acids is 1. The van der Waals surface area contributed by atoms with Crippen molar-refractivity contribution in [1.29, 1.82) is 0 Å². The Hall–Kier alpha value is -3.49. The van der Waals surface area contributed by atoms with Crippen LogP contribution in [0.2, 0.25) is 0 Å². The van der Waals surface area contributed by atoms with Crippen molar-refractivity contribution in [3.63, 3.8) is 0 Å². The van der Waals surface area contributed by atoms with Crippen LogP contribution in [0.1, 0.15) is 11.1 Å². The van der Waals surface area contributed by atoms with Crippen LogP contribution in [-0.2, 0) is 4.79 Å². The van der Waals surface area contributed by atoms with E-state index in [1.54, 1.807) is 6.08 Å². The number of aromatic amines is 1. The van der Waals surface area contributed by atoms with E-state index in [1.165, 1.54) is 17.6 Å². The van der Waals surface area contributed by atoms with Crippen LogP contribution in [0.4, 0.5) is 0 Å². The van der Waals surface area contributed by atoms with Crippen LogP contribution in [0, 0.1) is 6.92 Å². The fourth-order valence-corrected chi connectivity index (χ4v) is 4.64. The number of rotatable bonds is 7. The van der Waals surface area contributed by atoms with Crippen LogP contribution in [0.15, 0.2) is 81.1 Å². The molecule has 2 N–H and O–H groups in total. The molecule has 4 rings (SSSR count). The van der Waals surface area contributed by atoms with E-state index >= 15 is 0 Å². The summed E-state index contributed by atoms with van der Waals surface area (Å²) in [5.41, 5.74) is 6.31. The molecule has 8 heteroatoms. The maximum atomic E-state index is 12.7. The van der Waals surface area contributed by atoms with Crippen LogP contribution in [0.25, 0.3) is 27.4 Å². The van der Waals surface area contributed by atoms with Crippen LogP contribution in [-0.4, -0.2) is 27.8 Å². The Labute approximate surface area is 193 Å². The summed E-state index contributed by atoms with van der Waals surface area (Å²) in [6.07, 6.45) is 5.15. The fourth-order valence-electron chi connectivity index (χ4n) is 2.98. The summed E-state index contributed by atoms with van der Waals surface area (Å²) in [6.45, 7) is 2.02. The van der Waals surface area contributed by atoms with Crippen LogP contribution >= 0.6 is 23.1 Å². The first-order valence-corrected chi connectivity index (χ1v) is 11.7. The number of hydrazone groups is 1. The van der Waals surface area contributed by atoms with Gasteiger partial charge >= 0.3 is 0 Å². The quantitative estimate of drug-likeness (QED) is 0.178. The molecule has 1 amide bonds. The summed E-state index contributed by atoms with van der Waals surface area (Å²) in [6, 6.07) is 17.8. The third-order valence-corrected chi connectivity index (χ3v) is 6.31. The van der Waals surface area contributed by atoms with Crippen molar-refractivity contribution in [3.05, 3.63) is 87.5 Å². The fraction of sp³-hybridized carbons (Fsp3) is 0.0833. The summed E-state index contributed by atoms with van der Waals surface area (Å²) >= 11 is 2.58. The summed E-state index contributed by atoms with van der Waals surface area (Å²) in [7, 11) is 0. The number of hydrogen-bond acceptors (Lipinski definition) is 6. The van der Waals surface area contributed by atoms with Gasteiger partial charge in [-0.3, -0.25) is 9.59 Å². The molecular formula is C24H20N4O2S2. The van der Waals surface area contributed by atoms with Crippen molar-refractivity contribution >= 4 is 51.5 Å². The Balaban J connectivity index is 1.37. The maximum absolute atomic E-state index is 12.7. The number of allylic oxidation sites excluding steroid dienone is 1. The highest BCUT2D eigenvalue weighted by Gasteiger charge is 2.13. The van der Waals surface area contributed by atoms with E-state index in [1.807, 2.05) is 73.0 Å². The van der Waals surface area contributed by atoms with E-state index < -0.39 is 0 Å². The molecule has 0 unspecified atom stereocenters. The number of benzene rings is 2. The van der Waals surface area contributed by atoms with Gasteiger partial charge in [-0.25, -0.2) is 10.4 Å². The van der Waals surface area contributed by atoms with Gasteiger partial charge in [-0.1, -0.05) is 78.0 Å². The third kappa shape index (κ3) is 5.40. The van der Waals surface area contributed by atoms with E-state index in [0.29, 0.717) is 15.4 Å². The predicted molar refractivity (Wildman–Crippen MR) is 133 cm³/mol. The number of thioether (sulfide) groups is 1. The highest BCUT2D eigenvalue weighted by Crippen LogP contribution is 2.31. The summed E-state index contributed by atoms with van der Waals surface area (Å²) in [5.74, 6) is -0.196. The van der Waals surface area contributed by atoms with Crippen LogP contribution < -0.4 is 11.0 Å². The van der Waals surface area contributed by atoms with Crippen molar-refractivity contribution in [3.8, 4) is 11.1 Å². The summed E-state index contributed by atoms with van der Waals surface area (Å²) < 4.78 is 0. The van der Waals surface area contributed by atoms with Crippen molar-refractivity contribution in [2.24, 2.45) is 5.10 Å². The lowest BCUT2D eigenvalue weighted by molar-refractivity contribution is -0.118. The third-order valence-electron chi connectivity index (χ3n) is 4.56. The minimum absolute atomic E-state index is 0.0877. The van der Waals surface area contributed by atoms with Crippen molar-refractivity contribution in [2.75, 3.05) is 5.75 Å². The molecule has 32 heavy (non-hydrogen) atoms. The zero-order valence-corrected chi connectivity index (χ0v) is 18.9. The Morgan fingerprint density at radius 2 is 1.97 bits per heavy atom. The van der Waals surface area contributed by atoms with Gasteiger partial charge in [-0.2, -0.15) is 5.10 Å². The van der Waals surface area contributed by atoms with E-state index in [4.69, 9.17) is 0 Å². The van der Waals surface area contributed by atoms with Gasteiger partial charge < -0.3 is 4.98 Å². The normalized spacial score (nSPS) is 11.5. The topological polar surface area (TPSA) is 87.2 Å². The predicted octanol–water partition coefficient (Wildman–Crippen LogP) is 4.87. The lowest BCUT2D eigenvalue weighted by atomic mass is 10.1. The van der Waals surface area contributed by atoms with Crippen LogP contribution in [0.3, 0.4) is 0 Å². The van der Waals surface area contributed by atoms with Gasteiger partial charge in [0.1, 0.15) is 4.83 Å². The molecule has 2 aromatic carbocycles. The second-order valence-electron chi connectivity index (χ2n) is 6.94. The Bertz CT molecular complexity index is 1340. The Morgan fingerprint density at radius 3 is 2.75 bits per heavy atom. The number of fused-ring (bicyclic) bond motifs is 1. The van der Waals surface area contributed by atoms with Gasteiger partial charge in [-0.05, 0) is 24.1 Å². The minimum atomic E-state index is -0.284. The molecule has 0 aliphatic carbocycles. The molecule has 0 saturated carbocycles. The monoisotopic (exact) mass is 460 g/mol. The minimum Gasteiger partial charge on any atom is -0.301 e. The first-order chi connectivity index (χ1) is 15.6. The summed E-state index contributed by atoms with van der Waals surface area (Å²) in [5, 5.41) is 6.81. The number of H-pyrrole nitrogens is 1. The number of carbonyl (C=O) groups is 1. The molecule has 6 nitrogen and oxygen atoms in total. The molecule has 2 aromatic heterocycles. The average Bonchev–Trinajstić information content (AvgIpc) is 3.23. The van der Waals surface area contributed by atoms with Crippen molar-refractivity contribution < 1.29 is 4.79 Å². The number of thiophene rings is 1. The number of hydrogen-bond donors (Lipinski definition) is 2. The first-order valence-electron chi connectivity index (χ1n) is 9.85. The zero-order chi connectivity index (χ0) is 22.3. The van der Waals surface area contributed by atoms with Gasteiger partial charge in [0.15, 0.2) is 5.16 Å². The molecule has 0 bridgehead atoms. The van der Waals surface area contributed by atoms with Crippen molar-refractivity contribution in [1.82, 2.24) is 15.4 Å². The molecule has 4 aromatic rings. The Kier molecular flexibility index (Phi) is 6.94. The number of amides is 1. The van der Waals surface area contributed by atoms with Gasteiger partial charge in [0.05, 0.1) is 11.1 Å². The molecule has 0 fully saturated rings.